The Morgan fingerprint density at radius 2 is 1.52 bits per heavy atom. The summed E-state index contributed by atoms with van der Waals surface area (Å²) in [7, 11) is 1.43. The normalized spacial score (nSPS) is 20.4. The number of aliphatic hydroxyl groups excluding tert-OH is 1. The lowest BCUT2D eigenvalue weighted by Crippen LogP contribution is -2.51. The van der Waals surface area contributed by atoms with Crippen LogP contribution in [0.25, 0.3) is 0 Å². The quantitative estimate of drug-likeness (QED) is 0.317. The molecular formula is C31H35F6N5O4. The van der Waals surface area contributed by atoms with Gasteiger partial charge in [-0.1, -0.05) is 48.5 Å². The highest BCUT2D eigenvalue weighted by molar-refractivity contribution is 6.20. The minimum Gasteiger partial charge on any atom is -0.392 e. The Hall–Kier alpha value is -3.98. The van der Waals surface area contributed by atoms with Gasteiger partial charge in [0.05, 0.1) is 24.2 Å². The van der Waals surface area contributed by atoms with Crippen LogP contribution in [-0.4, -0.2) is 84.9 Å². The van der Waals surface area contributed by atoms with Crippen molar-refractivity contribution in [2.75, 3.05) is 31.7 Å². The molecule has 250 valence electrons. The van der Waals surface area contributed by atoms with Gasteiger partial charge in [0.25, 0.3) is 5.91 Å². The summed E-state index contributed by atoms with van der Waals surface area (Å²) < 4.78 is 80.2. The molecule has 0 bridgehead atoms. The molecule has 4 rings (SSSR count). The van der Waals surface area contributed by atoms with Crippen LogP contribution in [0.15, 0.2) is 59.6 Å². The van der Waals surface area contributed by atoms with Gasteiger partial charge < -0.3 is 20.6 Å². The maximum atomic E-state index is 13.8. The van der Waals surface area contributed by atoms with E-state index in [1.54, 1.807) is 59.5 Å². The summed E-state index contributed by atoms with van der Waals surface area (Å²) in [5.74, 6) is -6.70. The minimum atomic E-state index is -4.78. The monoisotopic (exact) mass is 655 g/mol. The van der Waals surface area contributed by atoms with E-state index < -0.39 is 79.9 Å². The molecule has 2 aromatic carbocycles. The zero-order chi connectivity index (χ0) is 33.6. The van der Waals surface area contributed by atoms with Crippen LogP contribution >= 0.6 is 0 Å². The lowest BCUT2D eigenvalue weighted by molar-refractivity contribution is -0.153. The highest BCUT2D eigenvalue weighted by Crippen LogP contribution is 2.34. The standard InChI is InChI=1S/C31H35F6N5O4/c1-41-24-10-6-5-9-23(24)25(19-7-3-2-4-8-19)39-26(29(41)46)40-28(45)22(12-15-31(35,36)37)21(11-14-30(32,33)34)27(44)38-18-42-16-13-20(43)17-42/h2-10,20-22,26,43H,11-18H2,1H3,(H,38,44)(H,40,45). The third-order valence-electron chi connectivity index (χ3n) is 8.03. The second-order valence-electron chi connectivity index (χ2n) is 11.4. The number of nitrogens with zero attached hydrogens (tertiary/aromatic N) is 3. The summed E-state index contributed by atoms with van der Waals surface area (Å²) in [6.07, 6.45) is -16.5. The third kappa shape index (κ3) is 9.28. The highest BCUT2D eigenvalue weighted by atomic mass is 19.4. The Balaban J connectivity index is 1.67. The van der Waals surface area contributed by atoms with Gasteiger partial charge in [-0.3, -0.25) is 19.3 Å². The predicted octanol–water partition coefficient (Wildman–Crippen LogP) is 4.00. The number of para-hydroxylation sites is 1. The molecule has 3 amide bonds. The summed E-state index contributed by atoms with van der Waals surface area (Å²) in [5, 5.41) is 14.5. The van der Waals surface area contributed by atoms with E-state index in [0.717, 1.165) is 0 Å². The lowest BCUT2D eigenvalue weighted by Gasteiger charge is -2.29. The largest absolute Gasteiger partial charge is 0.392 e. The number of rotatable bonds is 11. The van der Waals surface area contributed by atoms with E-state index >= 15 is 0 Å². The van der Waals surface area contributed by atoms with E-state index in [2.05, 4.69) is 15.6 Å². The van der Waals surface area contributed by atoms with Crippen molar-refractivity contribution >= 4 is 29.1 Å². The molecule has 1 fully saturated rings. The van der Waals surface area contributed by atoms with E-state index in [1.165, 1.54) is 11.9 Å². The first-order valence-electron chi connectivity index (χ1n) is 14.7. The van der Waals surface area contributed by atoms with Crippen LogP contribution in [-0.2, 0) is 14.4 Å². The average molecular weight is 656 g/mol. The second-order valence-corrected chi connectivity index (χ2v) is 11.4. The van der Waals surface area contributed by atoms with Crippen molar-refractivity contribution in [2.45, 2.75) is 56.7 Å². The fraction of sp³-hybridized carbons (Fsp3) is 0.484. The van der Waals surface area contributed by atoms with Crippen LogP contribution in [0.5, 0.6) is 0 Å². The topological polar surface area (TPSA) is 114 Å². The van der Waals surface area contributed by atoms with Gasteiger partial charge >= 0.3 is 12.4 Å². The number of nitrogens with one attached hydrogen (secondary N) is 2. The van der Waals surface area contributed by atoms with Crippen molar-refractivity contribution < 1.29 is 45.8 Å². The van der Waals surface area contributed by atoms with Crippen molar-refractivity contribution in [1.82, 2.24) is 15.5 Å². The Labute approximate surface area is 261 Å². The summed E-state index contributed by atoms with van der Waals surface area (Å²) in [6.45, 7) is 0.391. The van der Waals surface area contributed by atoms with Crippen LogP contribution in [0.4, 0.5) is 32.0 Å². The van der Waals surface area contributed by atoms with Crippen molar-refractivity contribution in [3.63, 3.8) is 0 Å². The second kappa shape index (κ2) is 14.6. The predicted molar refractivity (Wildman–Crippen MR) is 157 cm³/mol. The molecule has 0 aromatic heterocycles. The number of hydrogen-bond donors (Lipinski definition) is 3. The zero-order valence-electron chi connectivity index (χ0n) is 24.9. The van der Waals surface area contributed by atoms with Crippen LogP contribution in [0.1, 0.15) is 43.2 Å². The van der Waals surface area contributed by atoms with Gasteiger partial charge in [0.1, 0.15) is 0 Å². The molecule has 0 spiro atoms. The number of benzodiazepines with no additional fused rings is 1. The summed E-state index contributed by atoms with van der Waals surface area (Å²) >= 11 is 0. The Morgan fingerprint density at radius 3 is 2.11 bits per heavy atom. The maximum Gasteiger partial charge on any atom is 0.389 e. The summed E-state index contributed by atoms with van der Waals surface area (Å²) in [5.41, 5.74) is 1.84. The van der Waals surface area contributed by atoms with Gasteiger partial charge in [-0.05, 0) is 25.3 Å². The Morgan fingerprint density at radius 1 is 0.935 bits per heavy atom. The van der Waals surface area contributed by atoms with Crippen molar-refractivity contribution in [3.05, 3.63) is 65.7 Å². The summed E-state index contributed by atoms with van der Waals surface area (Å²) in [4.78, 5) is 48.0. The first-order chi connectivity index (χ1) is 21.6. The molecule has 0 radical (unpaired) electrons. The van der Waals surface area contributed by atoms with E-state index in [9.17, 15) is 45.8 Å². The number of carbonyl (C=O) groups is 3. The Bertz CT molecular complexity index is 1420. The molecule has 2 aliphatic heterocycles. The Kier molecular flexibility index (Phi) is 11.1. The molecule has 3 N–H and O–H groups in total. The molecule has 2 aromatic rings. The van der Waals surface area contributed by atoms with Crippen LogP contribution in [0, 0.1) is 11.8 Å². The van der Waals surface area contributed by atoms with Gasteiger partial charge in [0.2, 0.25) is 18.0 Å². The van der Waals surface area contributed by atoms with Gasteiger partial charge in [0.15, 0.2) is 0 Å². The van der Waals surface area contributed by atoms with Crippen molar-refractivity contribution in [1.29, 1.82) is 0 Å². The first-order valence-corrected chi connectivity index (χ1v) is 14.7. The number of likely N-dealkylation sites (N-methyl/N-ethyl adjacent to an activating group) is 1. The lowest BCUT2D eigenvalue weighted by atomic mass is 9.83. The maximum absolute atomic E-state index is 13.8. The minimum absolute atomic E-state index is 0.180. The highest BCUT2D eigenvalue weighted by Gasteiger charge is 2.42. The van der Waals surface area contributed by atoms with Gasteiger partial charge in [-0.25, -0.2) is 4.99 Å². The van der Waals surface area contributed by atoms with E-state index in [-0.39, 0.29) is 13.2 Å². The van der Waals surface area contributed by atoms with Crippen molar-refractivity contribution in [3.8, 4) is 0 Å². The number of halogens is 6. The molecule has 4 atom stereocenters. The molecule has 9 nitrogen and oxygen atoms in total. The van der Waals surface area contributed by atoms with Crippen LogP contribution in [0.2, 0.25) is 0 Å². The molecule has 0 saturated carbocycles. The fourth-order valence-electron chi connectivity index (χ4n) is 5.63. The first kappa shape index (κ1) is 34.9. The number of fused-ring (bicyclic) bond motifs is 1. The number of aliphatic imine (C=N–C) groups is 1. The molecular weight excluding hydrogens is 620 g/mol. The number of anilines is 1. The molecule has 0 aliphatic carbocycles. The molecule has 4 unspecified atom stereocenters. The SMILES string of the molecule is CN1C(=O)C(NC(=O)C(CCC(F)(F)F)C(CCC(F)(F)F)C(=O)NCN2CCC(O)C2)N=C(c2ccccc2)c2ccccc21. The van der Waals surface area contributed by atoms with E-state index in [4.69, 9.17) is 0 Å². The zero-order valence-corrected chi connectivity index (χ0v) is 24.9. The van der Waals surface area contributed by atoms with Gasteiger partial charge in [-0.2, -0.15) is 26.3 Å². The molecule has 15 heteroatoms. The van der Waals surface area contributed by atoms with Crippen molar-refractivity contribution in [2.24, 2.45) is 16.8 Å². The van der Waals surface area contributed by atoms with E-state index in [1.807, 2.05) is 0 Å². The van der Waals surface area contributed by atoms with Crippen LogP contribution in [0.3, 0.4) is 0 Å². The molecule has 2 aliphatic rings. The molecule has 1 saturated heterocycles. The molecule has 2 heterocycles. The van der Waals surface area contributed by atoms with Gasteiger partial charge in [-0.15, -0.1) is 0 Å². The number of alkyl halides is 6. The number of β-amino-alcohol motifs (C(OH)–C–C–N with tert-alkyl or cyclic N) is 1. The van der Waals surface area contributed by atoms with E-state index in [0.29, 0.717) is 35.5 Å². The third-order valence-corrected chi connectivity index (χ3v) is 8.03. The average Bonchev–Trinajstić information content (AvgIpc) is 3.39. The molecule has 46 heavy (non-hydrogen) atoms. The number of likely N-dealkylation sites (tertiary alicyclic amines) is 1. The number of benzene rings is 2. The number of hydrogen-bond acceptors (Lipinski definition) is 6. The van der Waals surface area contributed by atoms with Crippen LogP contribution < -0.4 is 15.5 Å². The summed E-state index contributed by atoms with van der Waals surface area (Å²) in [6, 6.07) is 15.4. The fourth-order valence-corrected chi connectivity index (χ4v) is 5.63. The smallest absolute Gasteiger partial charge is 0.389 e. The van der Waals surface area contributed by atoms with Gasteiger partial charge in [0, 0.05) is 55.9 Å². The number of carbonyl (C=O) groups excluding carboxylic acids is 3. The number of amides is 3. The number of aliphatic hydroxyl groups is 1.